The third kappa shape index (κ3) is 12.8. The molecule has 3 unspecified atom stereocenters. The second-order valence-corrected chi connectivity index (χ2v) is 20.1. The first-order chi connectivity index (χ1) is 32.8. The number of carbonyl (C=O) groups excluding carboxylic acids is 3. The molecule has 2 aromatic heterocycles. The predicted octanol–water partition coefficient (Wildman–Crippen LogP) is 8.79. The molecule has 0 spiro atoms. The highest BCUT2D eigenvalue weighted by Crippen LogP contribution is 2.43. The number of likely N-dealkylation sites (tertiary alicyclic amines) is 1. The van der Waals surface area contributed by atoms with E-state index < -0.39 is 17.5 Å². The van der Waals surface area contributed by atoms with Gasteiger partial charge in [-0.1, -0.05) is 73.4 Å². The van der Waals surface area contributed by atoms with Crippen LogP contribution in [0.2, 0.25) is 0 Å². The minimum atomic E-state index is -0.881. The molecule has 2 aliphatic rings. The van der Waals surface area contributed by atoms with Gasteiger partial charge in [-0.2, -0.15) is 0 Å². The number of fused-ring (bicyclic) bond motifs is 1. The number of anilines is 1. The maximum atomic E-state index is 14.1. The van der Waals surface area contributed by atoms with Crippen molar-refractivity contribution in [2.45, 2.75) is 118 Å². The van der Waals surface area contributed by atoms with Gasteiger partial charge < -0.3 is 39.0 Å². The highest BCUT2D eigenvalue weighted by Gasteiger charge is 2.34. The Morgan fingerprint density at radius 3 is 2.28 bits per heavy atom. The van der Waals surface area contributed by atoms with Crippen molar-refractivity contribution in [3.05, 3.63) is 90.9 Å². The van der Waals surface area contributed by atoms with E-state index in [2.05, 4.69) is 104 Å². The van der Waals surface area contributed by atoms with Crippen LogP contribution in [-0.4, -0.2) is 118 Å². The number of allylic oxidation sites excluding steroid dienone is 1. The minimum absolute atomic E-state index is 0.0374. The Balaban J connectivity index is 0.000000883. The molecule has 3 atom stereocenters. The van der Waals surface area contributed by atoms with Crippen molar-refractivity contribution < 1.29 is 24.2 Å². The zero-order chi connectivity index (χ0) is 50.7. The third-order valence-electron chi connectivity index (χ3n) is 13.6. The van der Waals surface area contributed by atoms with Crippen molar-refractivity contribution in [2.75, 3.05) is 58.8 Å². The Kier molecular flexibility index (Phi) is 18.8. The van der Waals surface area contributed by atoms with Crippen molar-refractivity contribution in [3.63, 3.8) is 0 Å². The van der Waals surface area contributed by atoms with Gasteiger partial charge >= 0.3 is 0 Å². The van der Waals surface area contributed by atoms with E-state index in [0.717, 1.165) is 75.6 Å². The summed E-state index contributed by atoms with van der Waals surface area (Å²) in [6, 6.07) is 10.4. The lowest BCUT2D eigenvalue weighted by molar-refractivity contribution is -0.141. The number of carbonyl (C=O) groups is 3. The maximum absolute atomic E-state index is 14.1. The molecule has 14 nitrogen and oxygen atoms in total. The first-order valence-corrected chi connectivity index (χ1v) is 24.8. The summed E-state index contributed by atoms with van der Waals surface area (Å²) >= 11 is 0. The van der Waals surface area contributed by atoms with Gasteiger partial charge in [0.1, 0.15) is 23.5 Å². The summed E-state index contributed by atoms with van der Waals surface area (Å²) in [6.07, 6.45) is 9.63. The number of aromatic hydroxyl groups is 1. The zero-order valence-electron chi connectivity index (χ0n) is 43.5. The second-order valence-electron chi connectivity index (χ2n) is 20.1. The van der Waals surface area contributed by atoms with Crippen molar-refractivity contribution in [2.24, 2.45) is 18.4 Å². The number of benzene rings is 2. The van der Waals surface area contributed by atoms with Gasteiger partial charge in [0.2, 0.25) is 11.9 Å². The van der Waals surface area contributed by atoms with Crippen LogP contribution in [0.4, 0.5) is 5.95 Å². The molecular formula is C55H81N9O5. The molecule has 0 bridgehead atoms. The predicted molar refractivity (Wildman–Crippen MR) is 281 cm³/mol. The van der Waals surface area contributed by atoms with E-state index in [1.807, 2.05) is 52.0 Å². The lowest BCUT2D eigenvalue weighted by Gasteiger charge is -2.34. The smallest absolute Gasteiger partial charge is 0.293 e. The van der Waals surface area contributed by atoms with Crippen LogP contribution in [0.15, 0.2) is 74.1 Å². The van der Waals surface area contributed by atoms with Gasteiger partial charge in [0.25, 0.3) is 12.4 Å². The van der Waals surface area contributed by atoms with Crippen LogP contribution >= 0.6 is 0 Å². The molecule has 2 aromatic carbocycles. The van der Waals surface area contributed by atoms with Gasteiger partial charge in [-0.3, -0.25) is 19.4 Å². The standard InChI is InChI=1S/C47H68N8O5.C8H13N/c1-13-31(6)42-40(50-46(51(9)10)53(42)12)43-37(27-47(7,8)28-60-29-56)36-26-33(18-19-39(36)54(43)15-3)34-22-32(23-35(57)25-34)24-38(45(59)55-21-17-16-20-48-55)49-44(58)41(30(4)5)52(11)14-2;1-3-8(2)9-6-4-5-7-9/h14,18-19,22-23,25-26,29-31,38,41,48,57H,2,13,15-17,20-21,24,27-28H2,1,3-12H3,(H,49,58);3H,1-2,4-7H2. The number of amides is 2. The van der Waals surface area contributed by atoms with Gasteiger partial charge in [-0.05, 0) is 116 Å². The molecule has 69 heavy (non-hydrogen) atoms. The average Bonchev–Trinajstić information content (AvgIpc) is 4.06. The van der Waals surface area contributed by atoms with Crippen molar-refractivity contribution in [1.82, 2.24) is 39.7 Å². The number of aryl methyl sites for hydroxylation is 1. The number of phenolic OH excluding ortho intramolecular Hbond substituents is 1. The fraction of sp³-hybridized carbons (Fsp3) is 0.527. The van der Waals surface area contributed by atoms with Gasteiger partial charge in [-0.25, -0.2) is 10.4 Å². The molecule has 0 aliphatic carbocycles. The van der Waals surface area contributed by atoms with Gasteiger partial charge in [-0.15, -0.1) is 0 Å². The number of ether oxygens (including phenoxy) is 1. The fourth-order valence-corrected chi connectivity index (χ4v) is 9.92. The number of nitrogens with zero attached hydrogens (tertiary/aromatic N) is 7. The number of hydrazine groups is 1. The van der Waals surface area contributed by atoms with Crippen LogP contribution in [0.5, 0.6) is 5.75 Å². The number of phenols is 1. The van der Waals surface area contributed by atoms with Crippen molar-refractivity contribution in [3.8, 4) is 28.3 Å². The Hall–Kier alpha value is -6.02. The Labute approximate surface area is 412 Å². The number of aromatic nitrogens is 3. The summed E-state index contributed by atoms with van der Waals surface area (Å²) < 4.78 is 9.91. The molecule has 14 heteroatoms. The summed E-state index contributed by atoms with van der Waals surface area (Å²) in [5.41, 5.74) is 11.6. The van der Waals surface area contributed by atoms with Crippen LogP contribution in [0.3, 0.4) is 0 Å². The summed E-state index contributed by atoms with van der Waals surface area (Å²) in [6.45, 7) is 31.2. The molecule has 2 fully saturated rings. The first-order valence-electron chi connectivity index (χ1n) is 24.8. The van der Waals surface area contributed by atoms with E-state index in [1.165, 1.54) is 25.9 Å². The number of hydrogen-bond acceptors (Lipinski definition) is 10. The molecular weight excluding hydrogens is 867 g/mol. The molecule has 2 saturated heterocycles. The van der Waals surface area contributed by atoms with Crippen LogP contribution < -0.4 is 15.6 Å². The molecule has 2 aliphatic heterocycles. The van der Waals surface area contributed by atoms with Crippen molar-refractivity contribution >= 4 is 35.1 Å². The molecule has 3 N–H and O–H groups in total. The molecule has 2 amide bonds. The lowest BCUT2D eigenvalue weighted by atomic mass is 9.84. The van der Waals surface area contributed by atoms with E-state index in [-0.39, 0.29) is 42.4 Å². The third-order valence-corrected chi connectivity index (χ3v) is 13.6. The molecule has 6 rings (SSSR count). The zero-order valence-corrected chi connectivity index (χ0v) is 43.5. The quantitative estimate of drug-likeness (QED) is 0.0549. The number of rotatable bonds is 21. The molecule has 4 heterocycles. The molecule has 0 saturated carbocycles. The Morgan fingerprint density at radius 1 is 1.00 bits per heavy atom. The van der Waals surface area contributed by atoms with Crippen LogP contribution in [-0.2, 0) is 45.6 Å². The summed E-state index contributed by atoms with van der Waals surface area (Å²) in [7, 11) is 7.92. The topological polar surface area (TPSA) is 140 Å². The second kappa shape index (κ2) is 24.0. The molecule has 376 valence electrons. The Morgan fingerprint density at radius 2 is 1.70 bits per heavy atom. The van der Waals surface area contributed by atoms with Gasteiger partial charge in [0.05, 0.1) is 18.0 Å². The first kappa shape index (κ1) is 53.9. The summed E-state index contributed by atoms with van der Waals surface area (Å²) in [5, 5.41) is 17.0. The normalized spacial score (nSPS) is 15.2. The largest absolute Gasteiger partial charge is 0.508 e. The summed E-state index contributed by atoms with van der Waals surface area (Å²) in [5.74, 6) is 0.643. The van der Waals surface area contributed by atoms with Gasteiger partial charge in [0.15, 0.2) is 0 Å². The van der Waals surface area contributed by atoms with Crippen LogP contribution in [0.1, 0.15) is 103 Å². The summed E-state index contributed by atoms with van der Waals surface area (Å²) in [4.78, 5) is 50.7. The average molecular weight is 948 g/mol. The number of imidazole rings is 1. The highest BCUT2D eigenvalue weighted by molar-refractivity contribution is 5.95. The number of hydrogen-bond donors (Lipinski definition) is 3. The fourth-order valence-electron chi connectivity index (χ4n) is 9.92. The van der Waals surface area contributed by atoms with Gasteiger partial charge in [0, 0.05) is 89.4 Å². The van der Waals surface area contributed by atoms with E-state index in [9.17, 15) is 19.5 Å². The van der Waals surface area contributed by atoms with Crippen LogP contribution in [0, 0.1) is 11.3 Å². The number of nitrogens with one attached hydrogen (secondary N) is 2. The monoisotopic (exact) mass is 948 g/mol. The molecule has 0 radical (unpaired) electrons. The SMILES string of the molecule is C=CC(=C)N1CCCC1.C=CN(C)C(C(=O)NC(Cc1cc(O)cc(-c2ccc3c(c2)c(CC(C)(C)COC=O)c(-c2nc(N(C)C)n(C)c2C(C)CC)n3CC)c1)C(=O)N1CCCCN1)C(C)C. The lowest BCUT2D eigenvalue weighted by Crippen LogP contribution is -2.58. The highest BCUT2D eigenvalue weighted by atomic mass is 16.5. The van der Waals surface area contributed by atoms with E-state index >= 15 is 0 Å². The Bertz CT molecular complexity index is 2440. The van der Waals surface area contributed by atoms with Crippen LogP contribution in [0.25, 0.3) is 33.4 Å². The van der Waals surface area contributed by atoms with E-state index in [4.69, 9.17) is 9.72 Å². The minimum Gasteiger partial charge on any atom is -0.508 e. The van der Waals surface area contributed by atoms with E-state index in [0.29, 0.717) is 38.1 Å². The number of likely N-dealkylation sites (N-methyl/N-ethyl adjacent to an activating group) is 1. The maximum Gasteiger partial charge on any atom is 0.293 e. The van der Waals surface area contributed by atoms with Crippen molar-refractivity contribution in [1.29, 1.82) is 0 Å². The van der Waals surface area contributed by atoms with E-state index in [1.54, 1.807) is 28.2 Å². The molecule has 4 aromatic rings.